The number of aromatic nitrogens is 4. The molecule has 3 N–H and O–H groups in total. The lowest BCUT2D eigenvalue weighted by molar-refractivity contribution is 0.0939. The number of fused-ring (bicyclic) bond motifs is 2. The molecule has 1 aromatic carbocycles. The summed E-state index contributed by atoms with van der Waals surface area (Å²) in [6, 6.07) is 11.1. The van der Waals surface area contributed by atoms with Crippen LogP contribution in [0.25, 0.3) is 22.2 Å². The smallest absolute Gasteiger partial charge is 0.257 e. The predicted molar refractivity (Wildman–Crippen MR) is 111 cm³/mol. The zero-order valence-corrected chi connectivity index (χ0v) is 15.7. The lowest BCUT2D eigenvalue weighted by Crippen LogP contribution is -2.27. The maximum atomic E-state index is 12.8. The second-order valence-corrected chi connectivity index (χ2v) is 6.24. The average molecular weight is 389 g/mol. The first-order chi connectivity index (χ1) is 14.2. The van der Waals surface area contributed by atoms with Crippen molar-refractivity contribution in [3.05, 3.63) is 59.9 Å². The van der Waals surface area contributed by atoms with Gasteiger partial charge >= 0.3 is 0 Å². The van der Waals surface area contributed by atoms with E-state index in [1.54, 1.807) is 31.8 Å². The van der Waals surface area contributed by atoms with Crippen LogP contribution < -0.4 is 11.1 Å². The second-order valence-electron chi connectivity index (χ2n) is 6.24. The fraction of sp³-hybridized carbons (Fsp3) is 0.150. The molecule has 4 rings (SSSR count). The summed E-state index contributed by atoms with van der Waals surface area (Å²) < 4.78 is 6.41. The summed E-state index contributed by atoms with van der Waals surface area (Å²) in [6.45, 7) is 0.736. The van der Waals surface area contributed by atoms with Gasteiger partial charge < -0.3 is 15.8 Å². The van der Waals surface area contributed by atoms with E-state index in [1.165, 1.54) is 4.68 Å². The first-order valence-electron chi connectivity index (χ1n) is 8.97. The third-order valence-electron chi connectivity index (χ3n) is 4.30. The van der Waals surface area contributed by atoms with Gasteiger partial charge in [-0.15, -0.1) is 0 Å². The molecule has 0 atom stereocenters. The van der Waals surface area contributed by atoms with E-state index in [4.69, 9.17) is 10.5 Å². The Morgan fingerprint density at radius 3 is 2.76 bits per heavy atom. The van der Waals surface area contributed by atoms with Crippen molar-refractivity contribution < 1.29 is 9.53 Å². The fourth-order valence-electron chi connectivity index (χ4n) is 2.92. The van der Waals surface area contributed by atoms with E-state index >= 15 is 0 Å². The molecule has 1 amide bonds. The van der Waals surface area contributed by atoms with Crippen molar-refractivity contribution in [2.45, 2.75) is 0 Å². The van der Waals surface area contributed by atoms with Crippen molar-refractivity contribution in [1.29, 1.82) is 0 Å². The third kappa shape index (κ3) is 3.63. The number of pyridine rings is 1. The highest BCUT2D eigenvalue weighted by molar-refractivity contribution is 6.10. The van der Waals surface area contributed by atoms with Crippen molar-refractivity contribution in [3.63, 3.8) is 0 Å². The standard InChI is InChI=1S/C20H19N7O2/c1-29-10-9-23-20(28)16-17-19(26-15-7-3-2-6-14(15)25-17)27(18(16)21)24-12-13-5-4-8-22-11-13/h2-8,11-12H,9-10,21H2,1H3,(H,23,28)/b24-12+. The maximum absolute atomic E-state index is 12.8. The van der Waals surface area contributed by atoms with Crippen LogP contribution in [0.2, 0.25) is 0 Å². The number of nitrogens with zero attached hydrogens (tertiary/aromatic N) is 5. The zero-order chi connectivity index (χ0) is 20.2. The minimum atomic E-state index is -0.357. The van der Waals surface area contributed by atoms with Gasteiger partial charge in [-0.05, 0) is 18.2 Å². The number of ether oxygens (including phenoxy) is 1. The number of nitrogens with one attached hydrogen (secondary N) is 1. The topological polar surface area (TPSA) is 120 Å². The minimum absolute atomic E-state index is 0.158. The van der Waals surface area contributed by atoms with Crippen molar-refractivity contribution >= 4 is 40.1 Å². The van der Waals surface area contributed by atoms with Gasteiger partial charge in [0.2, 0.25) is 0 Å². The normalized spacial score (nSPS) is 11.5. The van der Waals surface area contributed by atoms with E-state index in [-0.39, 0.29) is 17.3 Å². The Labute approximate surface area is 166 Å². The molecule has 0 radical (unpaired) electrons. The molecular formula is C20H19N7O2. The third-order valence-corrected chi connectivity index (χ3v) is 4.30. The number of hydrogen-bond acceptors (Lipinski definition) is 7. The summed E-state index contributed by atoms with van der Waals surface area (Å²) in [5.41, 5.74) is 9.47. The number of hydrogen-bond donors (Lipinski definition) is 2. The highest BCUT2D eigenvalue weighted by Gasteiger charge is 2.23. The number of methoxy groups -OCH3 is 1. The van der Waals surface area contributed by atoms with Crippen LogP contribution >= 0.6 is 0 Å². The number of anilines is 1. The molecule has 0 spiro atoms. The van der Waals surface area contributed by atoms with Crippen LogP contribution in [-0.4, -0.2) is 52.0 Å². The first-order valence-corrected chi connectivity index (χ1v) is 8.97. The lowest BCUT2D eigenvalue weighted by Gasteiger charge is -2.04. The molecule has 0 saturated carbocycles. The maximum Gasteiger partial charge on any atom is 0.257 e. The van der Waals surface area contributed by atoms with E-state index in [1.807, 2.05) is 30.3 Å². The second kappa shape index (κ2) is 8.03. The Morgan fingerprint density at radius 2 is 2.03 bits per heavy atom. The number of benzene rings is 1. The van der Waals surface area contributed by atoms with Gasteiger partial charge in [0, 0.05) is 31.6 Å². The van der Waals surface area contributed by atoms with Gasteiger partial charge in [-0.2, -0.15) is 9.78 Å². The number of nitrogens with two attached hydrogens (primary N) is 1. The van der Waals surface area contributed by atoms with Crippen LogP contribution in [0, 0.1) is 0 Å². The van der Waals surface area contributed by atoms with Crippen LogP contribution in [0.5, 0.6) is 0 Å². The van der Waals surface area contributed by atoms with Crippen molar-refractivity contribution in [3.8, 4) is 0 Å². The monoisotopic (exact) mass is 389 g/mol. The molecule has 4 aromatic rings. The van der Waals surface area contributed by atoms with Gasteiger partial charge in [0.1, 0.15) is 16.9 Å². The molecule has 0 aliphatic heterocycles. The summed E-state index contributed by atoms with van der Waals surface area (Å²) >= 11 is 0. The molecule has 0 saturated heterocycles. The molecular weight excluding hydrogens is 370 g/mol. The Morgan fingerprint density at radius 1 is 1.24 bits per heavy atom. The summed E-state index contributed by atoms with van der Waals surface area (Å²) in [4.78, 5) is 26.1. The zero-order valence-electron chi connectivity index (χ0n) is 15.7. The SMILES string of the molecule is COCCNC(=O)c1c(N)n(/N=C/c2cccnc2)c2nc3ccccc3nc12. The number of nitrogen functional groups attached to an aromatic ring is 1. The quantitative estimate of drug-likeness (QED) is 0.383. The number of carbonyl (C=O) groups is 1. The minimum Gasteiger partial charge on any atom is -0.383 e. The van der Waals surface area contributed by atoms with Gasteiger partial charge in [0.25, 0.3) is 5.91 Å². The van der Waals surface area contributed by atoms with Crippen LogP contribution in [0.1, 0.15) is 15.9 Å². The van der Waals surface area contributed by atoms with Crippen LogP contribution in [0.15, 0.2) is 53.9 Å². The molecule has 0 fully saturated rings. The summed E-state index contributed by atoms with van der Waals surface area (Å²) in [7, 11) is 1.57. The molecule has 9 nitrogen and oxygen atoms in total. The highest BCUT2D eigenvalue weighted by Crippen LogP contribution is 2.27. The lowest BCUT2D eigenvalue weighted by atomic mass is 10.2. The Balaban J connectivity index is 1.87. The summed E-state index contributed by atoms with van der Waals surface area (Å²) in [5.74, 6) is -0.199. The summed E-state index contributed by atoms with van der Waals surface area (Å²) in [5, 5.41) is 7.21. The van der Waals surface area contributed by atoms with Gasteiger partial charge in [-0.25, -0.2) is 9.97 Å². The number of carbonyl (C=O) groups excluding carboxylic acids is 1. The first kappa shape index (κ1) is 18.5. The molecule has 0 aliphatic rings. The molecule has 0 aliphatic carbocycles. The van der Waals surface area contributed by atoms with Crippen molar-refractivity contribution in [1.82, 2.24) is 24.9 Å². The van der Waals surface area contributed by atoms with E-state index in [0.717, 1.165) is 5.56 Å². The number of amides is 1. The molecule has 29 heavy (non-hydrogen) atoms. The van der Waals surface area contributed by atoms with Crippen molar-refractivity contribution in [2.75, 3.05) is 26.0 Å². The molecule has 0 bridgehead atoms. The predicted octanol–water partition coefficient (Wildman–Crippen LogP) is 1.82. The van der Waals surface area contributed by atoms with E-state index in [2.05, 4.69) is 25.4 Å². The highest BCUT2D eigenvalue weighted by atomic mass is 16.5. The molecule has 9 heteroatoms. The largest absolute Gasteiger partial charge is 0.383 e. The van der Waals surface area contributed by atoms with Crippen LogP contribution in [-0.2, 0) is 4.74 Å². The van der Waals surface area contributed by atoms with Crippen LogP contribution in [0.4, 0.5) is 5.82 Å². The van der Waals surface area contributed by atoms with Gasteiger partial charge in [-0.1, -0.05) is 18.2 Å². The van der Waals surface area contributed by atoms with Crippen molar-refractivity contribution in [2.24, 2.45) is 5.10 Å². The Hall–Kier alpha value is -3.85. The van der Waals surface area contributed by atoms with Gasteiger partial charge in [0.15, 0.2) is 5.65 Å². The van der Waals surface area contributed by atoms with Gasteiger partial charge in [0.05, 0.1) is 23.9 Å². The molecule has 0 unspecified atom stereocenters. The molecule has 146 valence electrons. The van der Waals surface area contributed by atoms with E-state index in [9.17, 15) is 4.79 Å². The van der Waals surface area contributed by atoms with E-state index in [0.29, 0.717) is 35.3 Å². The Kier molecular flexibility index (Phi) is 5.12. The van der Waals surface area contributed by atoms with Gasteiger partial charge in [-0.3, -0.25) is 9.78 Å². The average Bonchev–Trinajstić information content (AvgIpc) is 3.01. The van der Waals surface area contributed by atoms with E-state index < -0.39 is 0 Å². The number of para-hydroxylation sites is 2. The Bertz CT molecular complexity index is 1200. The molecule has 3 heterocycles. The van der Waals surface area contributed by atoms with Crippen LogP contribution in [0.3, 0.4) is 0 Å². The molecule has 3 aromatic heterocycles. The summed E-state index contributed by atoms with van der Waals surface area (Å²) in [6.07, 6.45) is 4.95. The number of rotatable bonds is 6. The fourth-order valence-corrected chi connectivity index (χ4v) is 2.92.